The van der Waals surface area contributed by atoms with Crippen molar-refractivity contribution in [2.45, 2.75) is 13.8 Å². The number of nitrogens with zero attached hydrogens (tertiary/aromatic N) is 3. The van der Waals surface area contributed by atoms with E-state index in [0.717, 1.165) is 27.8 Å². The SMILES string of the molecule is Cc1nn(-c2ccc(C#N)c3ccccc23)c(C)c1N. The van der Waals surface area contributed by atoms with Gasteiger partial charge in [0.25, 0.3) is 0 Å². The molecule has 20 heavy (non-hydrogen) atoms. The predicted octanol–water partition coefficient (Wildman–Crippen LogP) is 3.10. The first-order valence-corrected chi connectivity index (χ1v) is 6.37. The van der Waals surface area contributed by atoms with Gasteiger partial charge in [-0.1, -0.05) is 24.3 Å². The van der Waals surface area contributed by atoms with Crippen LogP contribution in [0.4, 0.5) is 5.69 Å². The zero-order valence-electron chi connectivity index (χ0n) is 11.4. The lowest BCUT2D eigenvalue weighted by Gasteiger charge is -2.09. The molecule has 0 unspecified atom stereocenters. The number of rotatable bonds is 1. The normalized spacial score (nSPS) is 10.7. The standard InChI is InChI=1S/C16H14N4/c1-10-16(18)11(2)20(19-10)15-8-7-12(9-17)13-5-3-4-6-14(13)15/h3-8H,18H2,1-2H3. The smallest absolute Gasteiger partial charge is 0.0998 e. The van der Waals surface area contributed by atoms with Crippen molar-refractivity contribution in [1.29, 1.82) is 5.26 Å². The fraction of sp³-hybridized carbons (Fsp3) is 0.125. The van der Waals surface area contributed by atoms with Crippen molar-refractivity contribution in [1.82, 2.24) is 9.78 Å². The highest BCUT2D eigenvalue weighted by Crippen LogP contribution is 2.28. The third-order valence-corrected chi connectivity index (χ3v) is 3.60. The molecule has 0 atom stereocenters. The summed E-state index contributed by atoms with van der Waals surface area (Å²) in [5, 5.41) is 15.6. The predicted molar refractivity (Wildman–Crippen MR) is 79.7 cm³/mol. The zero-order chi connectivity index (χ0) is 14.3. The molecular weight excluding hydrogens is 248 g/mol. The van der Waals surface area contributed by atoms with Gasteiger partial charge in [-0.3, -0.25) is 0 Å². The fourth-order valence-corrected chi connectivity index (χ4v) is 2.45. The van der Waals surface area contributed by atoms with Crippen LogP contribution in [0.15, 0.2) is 36.4 Å². The summed E-state index contributed by atoms with van der Waals surface area (Å²) in [5.74, 6) is 0. The molecule has 0 bridgehead atoms. The lowest BCUT2D eigenvalue weighted by Crippen LogP contribution is -2.01. The first-order valence-electron chi connectivity index (χ1n) is 6.37. The topological polar surface area (TPSA) is 67.6 Å². The van der Waals surface area contributed by atoms with Gasteiger partial charge in [0.05, 0.1) is 34.4 Å². The number of fused-ring (bicyclic) bond motifs is 1. The second-order valence-corrected chi connectivity index (χ2v) is 4.79. The van der Waals surface area contributed by atoms with Crippen LogP contribution in [-0.2, 0) is 0 Å². The fourth-order valence-electron chi connectivity index (χ4n) is 2.45. The summed E-state index contributed by atoms with van der Waals surface area (Å²) >= 11 is 0. The highest BCUT2D eigenvalue weighted by atomic mass is 15.3. The van der Waals surface area contributed by atoms with Gasteiger partial charge >= 0.3 is 0 Å². The number of aryl methyl sites for hydroxylation is 1. The van der Waals surface area contributed by atoms with Crippen molar-refractivity contribution < 1.29 is 0 Å². The van der Waals surface area contributed by atoms with E-state index in [1.807, 2.05) is 54.9 Å². The Bertz CT molecular complexity index is 853. The molecule has 0 aliphatic heterocycles. The van der Waals surface area contributed by atoms with Crippen LogP contribution < -0.4 is 5.73 Å². The molecule has 3 aromatic rings. The highest BCUT2D eigenvalue weighted by molar-refractivity contribution is 5.94. The number of hydrogen-bond donors (Lipinski definition) is 1. The van der Waals surface area contributed by atoms with Crippen molar-refractivity contribution >= 4 is 16.5 Å². The van der Waals surface area contributed by atoms with Crippen LogP contribution >= 0.6 is 0 Å². The van der Waals surface area contributed by atoms with Crippen LogP contribution in [-0.4, -0.2) is 9.78 Å². The minimum Gasteiger partial charge on any atom is -0.396 e. The molecule has 0 aliphatic carbocycles. The van der Waals surface area contributed by atoms with E-state index >= 15 is 0 Å². The Labute approximate surface area is 117 Å². The molecule has 98 valence electrons. The molecule has 0 saturated carbocycles. The van der Waals surface area contributed by atoms with E-state index in [-0.39, 0.29) is 0 Å². The van der Waals surface area contributed by atoms with Gasteiger partial charge in [0.1, 0.15) is 0 Å². The summed E-state index contributed by atoms with van der Waals surface area (Å²) in [6.45, 7) is 3.84. The molecule has 0 aliphatic rings. The monoisotopic (exact) mass is 262 g/mol. The van der Waals surface area contributed by atoms with Crippen LogP contribution in [0.2, 0.25) is 0 Å². The van der Waals surface area contributed by atoms with Crippen molar-refractivity contribution in [3.05, 3.63) is 53.3 Å². The first kappa shape index (κ1) is 12.2. The lowest BCUT2D eigenvalue weighted by atomic mass is 10.0. The summed E-state index contributed by atoms with van der Waals surface area (Å²) in [6, 6.07) is 13.8. The van der Waals surface area contributed by atoms with E-state index in [0.29, 0.717) is 11.3 Å². The Morgan fingerprint density at radius 2 is 1.80 bits per heavy atom. The zero-order valence-corrected chi connectivity index (χ0v) is 11.4. The Balaban J connectivity index is 2.38. The highest BCUT2D eigenvalue weighted by Gasteiger charge is 2.13. The van der Waals surface area contributed by atoms with E-state index < -0.39 is 0 Å². The number of benzene rings is 2. The summed E-state index contributed by atoms with van der Waals surface area (Å²) in [7, 11) is 0. The number of nitriles is 1. The number of nitrogen functional groups attached to an aromatic ring is 1. The number of aromatic nitrogens is 2. The summed E-state index contributed by atoms with van der Waals surface area (Å²) < 4.78 is 1.84. The van der Waals surface area contributed by atoms with Crippen LogP contribution in [0.1, 0.15) is 17.0 Å². The molecule has 3 rings (SSSR count). The molecule has 0 fully saturated rings. The number of anilines is 1. The summed E-state index contributed by atoms with van der Waals surface area (Å²) in [5.41, 5.74) is 10.0. The minimum absolute atomic E-state index is 0.666. The molecule has 0 radical (unpaired) electrons. The average Bonchev–Trinajstić information content (AvgIpc) is 2.73. The number of hydrogen-bond acceptors (Lipinski definition) is 3. The van der Waals surface area contributed by atoms with Crippen molar-refractivity contribution in [3.63, 3.8) is 0 Å². The van der Waals surface area contributed by atoms with Gasteiger partial charge in [-0.15, -0.1) is 0 Å². The number of nitrogens with two attached hydrogens (primary N) is 1. The van der Waals surface area contributed by atoms with Gasteiger partial charge in [-0.05, 0) is 26.0 Å². The van der Waals surface area contributed by atoms with E-state index in [1.165, 1.54) is 0 Å². The van der Waals surface area contributed by atoms with Crippen molar-refractivity contribution in [3.8, 4) is 11.8 Å². The van der Waals surface area contributed by atoms with E-state index in [4.69, 9.17) is 5.73 Å². The largest absolute Gasteiger partial charge is 0.396 e. The van der Waals surface area contributed by atoms with Gasteiger partial charge in [0.15, 0.2) is 0 Å². The minimum atomic E-state index is 0.666. The maximum Gasteiger partial charge on any atom is 0.0998 e. The molecule has 4 heteroatoms. The van der Waals surface area contributed by atoms with Gasteiger partial charge in [-0.25, -0.2) is 4.68 Å². The van der Waals surface area contributed by atoms with Gasteiger partial charge in [0.2, 0.25) is 0 Å². The molecule has 0 spiro atoms. The molecule has 0 saturated heterocycles. The molecule has 4 nitrogen and oxygen atoms in total. The second kappa shape index (κ2) is 4.39. The van der Waals surface area contributed by atoms with E-state index in [1.54, 1.807) is 0 Å². The Hall–Kier alpha value is -2.80. The average molecular weight is 262 g/mol. The van der Waals surface area contributed by atoms with Crippen LogP contribution in [0.25, 0.3) is 16.5 Å². The Kier molecular flexibility index (Phi) is 2.69. The maximum atomic E-state index is 9.21. The van der Waals surface area contributed by atoms with Crippen molar-refractivity contribution in [2.75, 3.05) is 5.73 Å². The third-order valence-electron chi connectivity index (χ3n) is 3.60. The quantitative estimate of drug-likeness (QED) is 0.732. The molecule has 0 amide bonds. The molecule has 2 N–H and O–H groups in total. The van der Waals surface area contributed by atoms with Crippen LogP contribution in [0.5, 0.6) is 0 Å². The van der Waals surface area contributed by atoms with E-state index in [2.05, 4.69) is 11.2 Å². The summed E-state index contributed by atoms with van der Waals surface area (Å²) in [6.07, 6.45) is 0. The van der Waals surface area contributed by atoms with Gasteiger partial charge < -0.3 is 5.73 Å². The summed E-state index contributed by atoms with van der Waals surface area (Å²) in [4.78, 5) is 0. The molecule has 1 aromatic heterocycles. The second-order valence-electron chi connectivity index (χ2n) is 4.79. The van der Waals surface area contributed by atoms with Crippen LogP contribution in [0.3, 0.4) is 0 Å². The Morgan fingerprint density at radius 3 is 2.40 bits per heavy atom. The lowest BCUT2D eigenvalue weighted by molar-refractivity contribution is 0.840. The molecule has 2 aromatic carbocycles. The maximum absolute atomic E-state index is 9.21. The van der Waals surface area contributed by atoms with E-state index in [9.17, 15) is 5.26 Å². The Morgan fingerprint density at radius 1 is 1.10 bits per heavy atom. The molecular formula is C16H14N4. The van der Waals surface area contributed by atoms with Crippen molar-refractivity contribution in [2.24, 2.45) is 0 Å². The van der Waals surface area contributed by atoms with Crippen LogP contribution in [0, 0.1) is 25.2 Å². The third kappa shape index (κ3) is 1.64. The van der Waals surface area contributed by atoms with Gasteiger partial charge in [0, 0.05) is 10.8 Å². The first-order chi connectivity index (χ1) is 9.63. The van der Waals surface area contributed by atoms with Gasteiger partial charge in [-0.2, -0.15) is 10.4 Å². The molecule has 1 heterocycles.